The predicted molar refractivity (Wildman–Crippen MR) is 101 cm³/mol. The molecule has 6 heteroatoms. The molecule has 0 aliphatic carbocycles. The molecular formula is C19H30ClNO4. The molecule has 25 heavy (non-hydrogen) atoms. The monoisotopic (exact) mass is 371 g/mol. The van der Waals surface area contributed by atoms with Crippen molar-refractivity contribution in [2.45, 2.75) is 32.6 Å². The molecule has 1 N–H and O–H groups in total. The summed E-state index contributed by atoms with van der Waals surface area (Å²) in [7, 11) is 3.25. The molecule has 1 saturated heterocycles. The van der Waals surface area contributed by atoms with E-state index in [2.05, 4.69) is 5.32 Å². The number of halogens is 1. The molecule has 1 aromatic rings. The second-order valence-corrected chi connectivity index (χ2v) is 6.27. The predicted octanol–water partition coefficient (Wildman–Crippen LogP) is 3.24. The van der Waals surface area contributed by atoms with Gasteiger partial charge in [-0.1, -0.05) is 6.07 Å². The molecule has 1 aromatic carbocycles. The van der Waals surface area contributed by atoms with E-state index in [1.54, 1.807) is 14.2 Å². The maximum atomic E-state index is 12.4. The first kappa shape index (κ1) is 21.6. The lowest BCUT2D eigenvalue weighted by molar-refractivity contribution is -0.148. The highest BCUT2D eigenvalue weighted by atomic mass is 35.5. The van der Waals surface area contributed by atoms with Gasteiger partial charge in [0.1, 0.15) is 0 Å². The summed E-state index contributed by atoms with van der Waals surface area (Å²) in [4.78, 5) is 12.4. The quantitative estimate of drug-likeness (QED) is 0.711. The number of esters is 1. The molecule has 1 aliphatic heterocycles. The van der Waals surface area contributed by atoms with Crippen LogP contribution in [0, 0.1) is 11.8 Å². The van der Waals surface area contributed by atoms with Gasteiger partial charge >= 0.3 is 5.97 Å². The molecule has 142 valence electrons. The highest BCUT2D eigenvalue weighted by Crippen LogP contribution is 2.30. The molecule has 0 amide bonds. The Labute approximate surface area is 156 Å². The van der Waals surface area contributed by atoms with E-state index >= 15 is 0 Å². The average molecular weight is 372 g/mol. The Kier molecular flexibility index (Phi) is 9.68. The van der Waals surface area contributed by atoms with Crippen molar-refractivity contribution in [3.8, 4) is 11.5 Å². The van der Waals surface area contributed by atoms with E-state index in [-0.39, 0.29) is 24.3 Å². The molecule has 5 nitrogen and oxygen atoms in total. The van der Waals surface area contributed by atoms with E-state index in [1.807, 2.05) is 25.1 Å². The third-order valence-corrected chi connectivity index (χ3v) is 4.63. The molecule has 0 spiro atoms. The van der Waals surface area contributed by atoms with Gasteiger partial charge in [0, 0.05) is 0 Å². The van der Waals surface area contributed by atoms with Crippen LogP contribution in [0.3, 0.4) is 0 Å². The van der Waals surface area contributed by atoms with Gasteiger partial charge in [0.2, 0.25) is 0 Å². The fraction of sp³-hybridized carbons (Fsp3) is 0.632. The number of hydrogen-bond acceptors (Lipinski definition) is 5. The lowest BCUT2D eigenvalue weighted by atomic mass is 9.84. The maximum Gasteiger partial charge on any atom is 0.309 e. The number of carbonyl (C=O) groups excluding carboxylic acids is 1. The first-order valence-electron chi connectivity index (χ1n) is 8.76. The fourth-order valence-electron chi connectivity index (χ4n) is 3.33. The summed E-state index contributed by atoms with van der Waals surface area (Å²) in [5.41, 5.74) is 1.07. The van der Waals surface area contributed by atoms with Crippen LogP contribution in [0.1, 0.15) is 31.7 Å². The number of rotatable bonds is 8. The first-order valence-corrected chi connectivity index (χ1v) is 8.76. The molecule has 1 atom stereocenters. The summed E-state index contributed by atoms with van der Waals surface area (Å²) in [5, 5.41) is 3.37. The summed E-state index contributed by atoms with van der Waals surface area (Å²) in [5.74, 6) is 1.78. The molecule has 1 heterocycles. The normalized spacial score (nSPS) is 15.8. The van der Waals surface area contributed by atoms with Crippen LogP contribution >= 0.6 is 12.4 Å². The Hall–Kier alpha value is -1.46. The third-order valence-electron chi connectivity index (χ3n) is 4.63. The Morgan fingerprint density at radius 2 is 1.88 bits per heavy atom. The van der Waals surface area contributed by atoms with E-state index in [0.29, 0.717) is 30.4 Å². The summed E-state index contributed by atoms with van der Waals surface area (Å²) in [6.45, 7) is 4.36. The van der Waals surface area contributed by atoms with Gasteiger partial charge < -0.3 is 19.5 Å². The average Bonchev–Trinajstić information content (AvgIpc) is 2.62. The van der Waals surface area contributed by atoms with Crippen LogP contribution < -0.4 is 14.8 Å². The van der Waals surface area contributed by atoms with Gasteiger partial charge in [0.15, 0.2) is 11.5 Å². The van der Waals surface area contributed by atoms with Crippen molar-refractivity contribution in [1.29, 1.82) is 0 Å². The Morgan fingerprint density at radius 1 is 1.20 bits per heavy atom. The zero-order valence-electron chi connectivity index (χ0n) is 15.4. The number of piperidine rings is 1. The molecule has 0 aromatic heterocycles. The van der Waals surface area contributed by atoms with E-state index in [0.717, 1.165) is 37.9 Å². The Bertz CT molecular complexity index is 532. The fourth-order valence-corrected chi connectivity index (χ4v) is 3.33. The van der Waals surface area contributed by atoms with Gasteiger partial charge in [0.05, 0.1) is 26.7 Å². The van der Waals surface area contributed by atoms with Crippen molar-refractivity contribution in [2.75, 3.05) is 33.9 Å². The number of carbonyl (C=O) groups is 1. The van der Waals surface area contributed by atoms with E-state index in [1.165, 1.54) is 0 Å². The molecule has 0 radical (unpaired) electrons. The second-order valence-electron chi connectivity index (χ2n) is 6.27. The highest BCUT2D eigenvalue weighted by Gasteiger charge is 2.26. The number of nitrogens with one attached hydrogen (secondary N) is 1. The van der Waals surface area contributed by atoms with Gasteiger partial charge in [-0.25, -0.2) is 0 Å². The van der Waals surface area contributed by atoms with Crippen molar-refractivity contribution < 1.29 is 19.0 Å². The van der Waals surface area contributed by atoms with Crippen LogP contribution in [0.2, 0.25) is 0 Å². The van der Waals surface area contributed by atoms with Crippen LogP contribution in [0.5, 0.6) is 11.5 Å². The minimum Gasteiger partial charge on any atom is -0.493 e. The summed E-state index contributed by atoms with van der Waals surface area (Å²) in [6, 6.07) is 5.84. The molecule has 1 fully saturated rings. The largest absolute Gasteiger partial charge is 0.493 e. The SMILES string of the molecule is CCOC(=O)C(Cc1ccc(OC)c(OC)c1)CC1CCNCC1.Cl. The van der Waals surface area contributed by atoms with Crippen LogP contribution in [-0.2, 0) is 16.0 Å². The Balaban J connectivity index is 0.00000312. The molecule has 2 rings (SSSR count). The standard InChI is InChI=1S/C19H29NO4.ClH/c1-4-24-19(21)16(11-14-7-9-20-10-8-14)12-15-5-6-17(22-2)18(13-15)23-3;/h5-6,13-14,16,20H,4,7-12H2,1-3H3;1H. The third kappa shape index (κ3) is 6.40. The van der Waals surface area contributed by atoms with E-state index < -0.39 is 0 Å². The Morgan fingerprint density at radius 3 is 2.48 bits per heavy atom. The maximum absolute atomic E-state index is 12.4. The highest BCUT2D eigenvalue weighted by molar-refractivity contribution is 5.85. The van der Waals surface area contributed by atoms with Crippen molar-refractivity contribution in [2.24, 2.45) is 11.8 Å². The zero-order valence-corrected chi connectivity index (χ0v) is 16.2. The van der Waals surface area contributed by atoms with E-state index in [9.17, 15) is 4.79 Å². The summed E-state index contributed by atoms with van der Waals surface area (Å²) < 4.78 is 16.0. The van der Waals surface area contributed by atoms with Gasteiger partial charge in [0.25, 0.3) is 0 Å². The second kappa shape index (κ2) is 11.2. The van der Waals surface area contributed by atoms with Gasteiger partial charge in [-0.2, -0.15) is 0 Å². The topological polar surface area (TPSA) is 56.8 Å². The van der Waals surface area contributed by atoms with Crippen molar-refractivity contribution in [1.82, 2.24) is 5.32 Å². The minimum atomic E-state index is -0.105. The van der Waals surface area contributed by atoms with Gasteiger partial charge in [-0.15, -0.1) is 12.4 Å². The van der Waals surface area contributed by atoms with Crippen LogP contribution in [0.15, 0.2) is 18.2 Å². The summed E-state index contributed by atoms with van der Waals surface area (Å²) >= 11 is 0. The van der Waals surface area contributed by atoms with Crippen LogP contribution in [0.25, 0.3) is 0 Å². The smallest absolute Gasteiger partial charge is 0.309 e. The molecule has 1 aliphatic rings. The number of benzene rings is 1. The van der Waals surface area contributed by atoms with Gasteiger partial charge in [-0.05, 0) is 69.3 Å². The van der Waals surface area contributed by atoms with Gasteiger partial charge in [-0.3, -0.25) is 4.79 Å². The summed E-state index contributed by atoms with van der Waals surface area (Å²) in [6.07, 6.45) is 3.81. The lowest BCUT2D eigenvalue weighted by Gasteiger charge is -2.26. The zero-order chi connectivity index (χ0) is 17.4. The molecule has 1 unspecified atom stereocenters. The molecule has 0 saturated carbocycles. The molecular weight excluding hydrogens is 342 g/mol. The minimum absolute atomic E-state index is 0. The first-order chi connectivity index (χ1) is 11.7. The van der Waals surface area contributed by atoms with Crippen molar-refractivity contribution in [3.63, 3.8) is 0 Å². The lowest BCUT2D eigenvalue weighted by Crippen LogP contribution is -2.31. The number of methoxy groups -OCH3 is 2. The van der Waals surface area contributed by atoms with Crippen molar-refractivity contribution in [3.05, 3.63) is 23.8 Å². The number of ether oxygens (including phenoxy) is 3. The van der Waals surface area contributed by atoms with Crippen LogP contribution in [-0.4, -0.2) is 39.9 Å². The van der Waals surface area contributed by atoms with E-state index in [4.69, 9.17) is 14.2 Å². The van der Waals surface area contributed by atoms with Crippen molar-refractivity contribution >= 4 is 18.4 Å². The van der Waals surface area contributed by atoms with Crippen LogP contribution in [0.4, 0.5) is 0 Å². The number of hydrogen-bond donors (Lipinski definition) is 1. The molecule has 0 bridgehead atoms.